The van der Waals surface area contributed by atoms with Crippen LogP contribution in [-0.2, 0) is 33.2 Å². The van der Waals surface area contributed by atoms with E-state index in [-0.39, 0.29) is 13.0 Å². The molecule has 0 bridgehead atoms. The summed E-state index contributed by atoms with van der Waals surface area (Å²) in [6.07, 6.45) is -21.2. The second kappa shape index (κ2) is 15.3. The third-order valence-electron chi connectivity index (χ3n) is 8.64. The van der Waals surface area contributed by atoms with Gasteiger partial charge >= 0.3 is 0 Å². The number of carbonyl (C=O) groups excluding carboxylic acids is 1. The third kappa shape index (κ3) is 7.74. The maximum Gasteiger partial charge on any atom is 0.216 e. The monoisotopic (exact) mass is 657 g/mol. The maximum atomic E-state index is 11.3. The van der Waals surface area contributed by atoms with Crippen molar-refractivity contribution in [3.8, 4) is 0 Å². The highest BCUT2D eigenvalue weighted by Crippen LogP contribution is 2.34. The van der Waals surface area contributed by atoms with Gasteiger partial charge in [-0.3, -0.25) is 4.79 Å². The first-order valence-electron chi connectivity index (χ1n) is 14.7. The van der Waals surface area contributed by atoms with Gasteiger partial charge in [0.2, 0.25) is 5.91 Å². The van der Waals surface area contributed by atoms with Crippen molar-refractivity contribution in [3.05, 3.63) is 0 Å². The fraction of sp³-hybridized carbons (Fsp3) is 0.960. The van der Waals surface area contributed by atoms with Crippen LogP contribution < -0.4 is 28.3 Å². The second-order valence-electron chi connectivity index (χ2n) is 11.9. The number of carbonyl (C=O) groups is 1. The Morgan fingerprint density at radius 2 is 1.13 bits per heavy atom. The van der Waals surface area contributed by atoms with Crippen LogP contribution in [0, 0.1) is 0 Å². The van der Waals surface area contributed by atoms with E-state index in [0.717, 1.165) is 0 Å². The molecule has 45 heavy (non-hydrogen) atoms. The fourth-order valence-corrected chi connectivity index (χ4v) is 5.92. The smallest absolute Gasteiger partial charge is 0.216 e. The summed E-state index contributed by atoms with van der Waals surface area (Å²) in [5.74, 6) is -0.418. The summed E-state index contributed by atoms with van der Waals surface area (Å²) in [5.41, 5.74) is 24.4. The van der Waals surface area contributed by atoms with E-state index in [4.69, 9.17) is 51.4 Å². The molecule has 262 valence electrons. The van der Waals surface area contributed by atoms with Crippen LogP contribution >= 0.6 is 0 Å². The van der Waals surface area contributed by atoms with E-state index in [1.54, 1.807) is 0 Å². The molecule has 20 nitrogen and oxygen atoms in total. The number of hydrogen-bond acceptors (Lipinski definition) is 19. The zero-order valence-electron chi connectivity index (χ0n) is 24.5. The maximum absolute atomic E-state index is 11.3. The Morgan fingerprint density at radius 3 is 1.69 bits per heavy atom. The van der Waals surface area contributed by atoms with Gasteiger partial charge in [-0.15, -0.1) is 0 Å². The number of aliphatic hydroxyl groups is 8. The van der Waals surface area contributed by atoms with Crippen LogP contribution in [0.4, 0.5) is 0 Å². The van der Waals surface area contributed by atoms with Gasteiger partial charge in [0, 0.05) is 25.6 Å². The summed E-state index contributed by atoms with van der Waals surface area (Å²) in [4.78, 5) is 11.3. The Bertz CT molecular complexity index is 974. The van der Waals surface area contributed by atoms with Crippen molar-refractivity contribution in [2.75, 3.05) is 19.8 Å². The molecular weight excluding hydrogens is 610 g/mol. The molecule has 3 heterocycles. The SMILES string of the molecule is CC(=O)NCC1O[C@H](O[C@@H]2C(O)[C@H](O[C@@H]3C(O)[C@H](N)CC(N)[C@H]3O[C@H]3OC(CO)[C@@H](O)[C@H](O)C3N)O[C@@H]2CO)C(N)[C@H](O)[C@@H]1O. The summed E-state index contributed by atoms with van der Waals surface area (Å²) in [7, 11) is 0. The van der Waals surface area contributed by atoms with Crippen LogP contribution in [0.3, 0.4) is 0 Å². The first-order valence-corrected chi connectivity index (χ1v) is 14.7. The predicted octanol–water partition coefficient (Wildman–Crippen LogP) is -8.68. The Hall–Kier alpha value is -1.25. The van der Waals surface area contributed by atoms with Gasteiger partial charge in [0.25, 0.3) is 0 Å². The molecule has 7 unspecified atom stereocenters. The van der Waals surface area contributed by atoms with E-state index in [0.29, 0.717) is 0 Å². The molecule has 4 rings (SSSR count). The summed E-state index contributed by atoms with van der Waals surface area (Å²) < 4.78 is 34.6. The summed E-state index contributed by atoms with van der Waals surface area (Å²) in [5, 5.41) is 85.5. The molecule has 0 aromatic heterocycles. The van der Waals surface area contributed by atoms with Gasteiger partial charge in [-0.1, -0.05) is 0 Å². The van der Waals surface area contributed by atoms with E-state index < -0.39 is 135 Å². The topological polar surface area (TPSA) is 350 Å². The van der Waals surface area contributed by atoms with Crippen molar-refractivity contribution in [1.82, 2.24) is 5.32 Å². The second-order valence-corrected chi connectivity index (χ2v) is 11.9. The molecule has 1 amide bonds. The average molecular weight is 658 g/mol. The minimum atomic E-state index is -1.66. The van der Waals surface area contributed by atoms with E-state index in [2.05, 4.69) is 5.32 Å². The van der Waals surface area contributed by atoms with Gasteiger partial charge in [0.15, 0.2) is 18.9 Å². The molecular formula is C25H47N5O15. The third-order valence-corrected chi connectivity index (χ3v) is 8.64. The standard InChI is InChI=1S/C25H47N5O15/c1-6(33)30-3-9-15(35)17(37)12(28)23(40-9)44-21-11(5-32)42-25(19(21)39)45-22-14(34)7(26)2-8(27)20(22)43-24-13(29)18(38)16(36)10(4-31)41-24/h7-25,31-32,34-39H,2-5,26-29H2,1H3,(H,30,33)/t7-,8?,9?,10?,11-,12?,13?,14?,15-,16-,17+,18-,19?,20-,21+,22-,23-,24-,25+/m1/s1. The Labute approximate surface area is 258 Å². The molecule has 3 saturated heterocycles. The van der Waals surface area contributed by atoms with E-state index >= 15 is 0 Å². The van der Waals surface area contributed by atoms with Gasteiger partial charge in [-0.05, 0) is 6.42 Å². The lowest BCUT2D eigenvalue weighted by atomic mass is 9.84. The highest BCUT2D eigenvalue weighted by Gasteiger charge is 2.54. The first kappa shape index (κ1) is 36.6. The first-order chi connectivity index (χ1) is 21.2. The highest BCUT2D eigenvalue weighted by molar-refractivity contribution is 5.72. The quantitative estimate of drug-likeness (QED) is 0.104. The van der Waals surface area contributed by atoms with Crippen molar-refractivity contribution in [2.24, 2.45) is 22.9 Å². The van der Waals surface area contributed by atoms with Gasteiger partial charge < -0.3 is 97.5 Å². The minimum absolute atomic E-state index is 0.0477. The number of rotatable bonds is 10. The van der Waals surface area contributed by atoms with Crippen LogP contribution in [0.15, 0.2) is 0 Å². The van der Waals surface area contributed by atoms with Crippen LogP contribution in [0.2, 0.25) is 0 Å². The molecule has 1 saturated carbocycles. The number of amides is 1. The normalized spacial score (nSPS) is 50.8. The Morgan fingerprint density at radius 1 is 0.644 bits per heavy atom. The number of nitrogens with one attached hydrogen (secondary N) is 1. The molecule has 4 fully saturated rings. The predicted molar refractivity (Wildman–Crippen MR) is 146 cm³/mol. The summed E-state index contributed by atoms with van der Waals surface area (Å²) in [6.45, 7) is -0.300. The van der Waals surface area contributed by atoms with Crippen LogP contribution in [0.25, 0.3) is 0 Å². The molecule has 3 aliphatic heterocycles. The average Bonchev–Trinajstić information content (AvgIpc) is 3.30. The molecule has 0 radical (unpaired) electrons. The lowest BCUT2D eigenvalue weighted by molar-refractivity contribution is -0.310. The fourth-order valence-electron chi connectivity index (χ4n) is 5.92. The molecule has 0 aromatic rings. The molecule has 4 aliphatic rings. The lowest BCUT2D eigenvalue weighted by Gasteiger charge is -2.47. The summed E-state index contributed by atoms with van der Waals surface area (Å²) >= 11 is 0. The molecule has 0 aromatic carbocycles. The Kier molecular flexibility index (Phi) is 12.5. The lowest BCUT2D eigenvalue weighted by Crippen LogP contribution is -2.68. The van der Waals surface area contributed by atoms with Gasteiger partial charge in [-0.2, -0.15) is 0 Å². The minimum Gasteiger partial charge on any atom is -0.394 e. The van der Waals surface area contributed by atoms with Crippen molar-refractivity contribution in [1.29, 1.82) is 0 Å². The number of nitrogens with two attached hydrogens (primary N) is 4. The molecule has 1 aliphatic carbocycles. The summed E-state index contributed by atoms with van der Waals surface area (Å²) in [6, 6.07) is -4.42. The number of ether oxygens (including phenoxy) is 6. The van der Waals surface area contributed by atoms with E-state index in [9.17, 15) is 45.6 Å². The molecule has 20 heteroatoms. The Balaban J connectivity index is 1.49. The van der Waals surface area contributed by atoms with Crippen LogP contribution in [0.5, 0.6) is 0 Å². The molecule has 0 spiro atoms. The van der Waals surface area contributed by atoms with Crippen molar-refractivity contribution in [3.63, 3.8) is 0 Å². The van der Waals surface area contributed by atoms with Gasteiger partial charge in [0.05, 0.1) is 31.4 Å². The zero-order chi connectivity index (χ0) is 33.3. The van der Waals surface area contributed by atoms with Crippen LogP contribution in [-0.4, -0.2) is 183 Å². The molecule has 19 atom stereocenters. The number of aliphatic hydroxyl groups excluding tert-OH is 8. The van der Waals surface area contributed by atoms with Crippen LogP contribution in [0.1, 0.15) is 13.3 Å². The number of hydrogen-bond donors (Lipinski definition) is 13. The highest BCUT2D eigenvalue weighted by atomic mass is 16.8. The van der Waals surface area contributed by atoms with Crippen molar-refractivity contribution < 1.29 is 74.1 Å². The van der Waals surface area contributed by atoms with Gasteiger partial charge in [0.1, 0.15) is 67.1 Å². The van der Waals surface area contributed by atoms with E-state index in [1.165, 1.54) is 6.92 Å². The van der Waals surface area contributed by atoms with E-state index in [1.807, 2.05) is 0 Å². The van der Waals surface area contributed by atoms with Gasteiger partial charge in [-0.25, -0.2) is 0 Å². The van der Waals surface area contributed by atoms with Crippen molar-refractivity contribution >= 4 is 5.91 Å². The zero-order valence-corrected chi connectivity index (χ0v) is 24.5. The largest absolute Gasteiger partial charge is 0.394 e. The van der Waals surface area contributed by atoms with Crippen molar-refractivity contribution in [2.45, 2.75) is 130 Å². The molecule has 17 N–H and O–H groups in total.